The second kappa shape index (κ2) is 13.3. The molecule has 0 unspecified atom stereocenters. The first-order chi connectivity index (χ1) is 27.7. The summed E-state index contributed by atoms with van der Waals surface area (Å²) in [6.45, 7) is 0. The molecule has 0 saturated heterocycles. The van der Waals surface area contributed by atoms with E-state index in [0.717, 1.165) is 55.3 Å². The summed E-state index contributed by atoms with van der Waals surface area (Å²) >= 11 is 1.85. The fourth-order valence-electron chi connectivity index (χ4n) is 7.75. The van der Waals surface area contributed by atoms with Crippen molar-refractivity contribution in [3.63, 3.8) is 0 Å². The smallest absolute Gasteiger partial charge is 0.164 e. The maximum atomic E-state index is 6.64. The molecule has 3 aromatic heterocycles. The van der Waals surface area contributed by atoms with E-state index in [2.05, 4.69) is 152 Å². The van der Waals surface area contributed by atoms with Gasteiger partial charge < -0.3 is 4.42 Å². The maximum absolute atomic E-state index is 6.64. The highest BCUT2D eigenvalue weighted by molar-refractivity contribution is 7.26. The van der Waals surface area contributed by atoms with E-state index in [1.54, 1.807) is 0 Å². The van der Waals surface area contributed by atoms with Crippen LogP contribution in [0.3, 0.4) is 0 Å². The van der Waals surface area contributed by atoms with Gasteiger partial charge in [0.15, 0.2) is 17.5 Å². The molecule has 56 heavy (non-hydrogen) atoms. The molecule has 0 aliphatic carbocycles. The van der Waals surface area contributed by atoms with E-state index in [1.165, 1.54) is 36.9 Å². The number of furan rings is 1. The van der Waals surface area contributed by atoms with Crippen LogP contribution in [0, 0.1) is 0 Å². The van der Waals surface area contributed by atoms with E-state index in [1.807, 2.05) is 47.7 Å². The van der Waals surface area contributed by atoms with Crippen LogP contribution in [-0.2, 0) is 0 Å². The lowest BCUT2D eigenvalue weighted by Crippen LogP contribution is -2.00. The maximum Gasteiger partial charge on any atom is 0.164 e. The number of benzene rings is 8. The molecule has 262 valence electrons. The van der Waals surface area contributed by atoms with Gasteiger partial charge in [-0.25, -0.2) is 15.0 Å². The van der Waals surface area contributed by atoms with E-state index in [0.29, 0.717) is 17.5 Å². The monoisotopic (exact) mass is 733 g/mol. The van der Waals surface area contributed by atoms with Crippen LogP contribution in [0.2, 0.25) is 0 Å². The van der Waals surface area contributed by atoms with Crippen molar-refractivity contribution in [1.29, 1.82) is 0 Å². The van der Waals surface area contributed by atoms with Crippen LogP contribution in [0.5, 0.6) is 0 Å². The van der Waals surface area contributed by atoms with Gasteiger partial charge >= 0.3 is 0 Å². The molecule has 5 heteroatoms. The normalized spacial score (nSPS) is 11.6. The molecular weight excluding hydrogens is 703 g/mol. The van der Waals surface area contributed by atoms with Crippen molar-refractivity contribution < 1.29 is 4.42 Å². The van der Waals surface area contributed by atoms with Gasteiger partial charge in [0.1, 0.15) is 11.2 Å². The van der Waals surface area contributed by atoms with Gasteiger partial charge in [-0.05, 0) is 75.8 Å². The van der Waals surface area contributed by atoms with E-state index in [4.69, 9.17) is 19.4 Å². The minimum atomic E-state index is 0.592. The third kappa shape index (κ3) is 5.65. The summed E-state index contributed by atoms with van der Waals surface area (Å²) in [4.78, 5) is 15.0. The van der Waals surface area contributed by atoms with Gasteiger partial charge in [0.05, 0.1) is 0 Å². The molecule has 0 radical (unpaired) electrons. The van der Waals surface area contributed by atoms with Crippen LogP contribution in [0.4, 0.5) is 0 Å². The third-order valence-electron chi connectivity index (χ3n) is 10.5. The molecule has 3 heterocycles. The zero-order chi connectivity index (χ0) is 37.0. The number of thiophene rings is 1. The van der Waals surface area contributed by atoms with Crippen LogP contribution in [0.1, 0.15) is 0 Å². The Morgan fingerprint density at radius 2 is 0.804 bits per heavy atom. The Kier molecular flexibility index (Phi) is 7.64. The van der Waals surface area contributed by atoms with Crippen molar-refractivity contribution in [2.24, 2.45) is 0 Å². The van der Waals surface area contributed by atoms with Crippen LogP contribution < -0.4 is 0 Å². The first-order valence-electron chi connectivity index (χ1n) is 18.7. The molecule has 0 atom stereocenters. The summed E-state index contributed by atoms with van der Waals surface area (Å²) in [5, 5.41) is 4.72. The molecule has 11 rings (SSSR count). The fourth-order valence-corrected chi connectivity index (χ4v) is 8.93. The average Bonchev–Trinajstić information content (AvgIpc) is 3.84. The minimum Gasteiger partial charge on any atom is -0.456 e. The molecular formula is C51H31N3OS. The van der Waals surface area contributed by atoms with Crippen molar-refractivity contribution >= 4 is 53.4 Å². The molecule has 11 aromatic rings. The molecule has 0 saturated carbocycles. The Morgan fingerprint density at radius 1 is 0.321 bits per heavy atom. The molecule has 4 nitrogen and oxygen atoms in total. The summed E-state index contributed by atoms with van der Waals surface area (Å²) < 4.78 is 9.21. The molecule has 0 aliphatic heterocycles. The second-order valence-corrected chi connectivity index (χ2v) is 15.1. The number of nitrogens with zero attached hydrogens (tertiary/aromatic N) is 3. The molecule has 0 bridgehead atoms. The van der Waals surface area contributed by atoms with E-state index < -0.39 is 0 Å². The van der Waals surface area contributed by atoms with Crippen molar-refractivity contribution in [2.75, 3.05) is 0 Å². The quantitative estimate of drug-likeness (QED) is 0.171. The third-order valence-corrected chi connectivity index (χ3v) is 11.7. The van der Waals surface area contributed by atoms with Gasteiger partial charge in [0, 0.05) is 47.6 Å². The number of hydrogen-bond donors (Lipinski definition) is 0. The van der Waals surface area contributed by atoms with Gasteiger partial charge in [-0.15, -0.1) is 11.3 Å². The Balaban J connectivity index is 1.01. The van der Waals surface area contributed by atoms with Gasteiger partial charge in [0.2, 0.25) is 0 Å². The molecule has 0 amide bonds. The number of rotatable bonds is 6. The zero-order valence-corrected chi connectivity index (χ0v) is 30.9. The Hall–Kier alpha value is -7.21. The molecule has 0 fully saturated rings. The SMILES string of the molecule is c1ccc(-c2ccc(-c3nc(-c4ccccc4)nc(-c4ccc5c(c4)oc4cc(-c6cc(-c7ccccc7)c7c(c6)sc6ccccc67)ccc45)n3)cc2)cc1. The van der Waals surface area contributed by atoms with Gasteiger partial charge in [-0.2, -0.15) is 0 Å². The van der Waals surface area contributed by atoms with Crippen molar-refractivity contribution in [2.45, 2.75) is 0 Å². The number of fused-ring (bicyclic) bond motifs is 6. The zero-order valence-electron chi connectivity index (χ0n) is 30.1. The Morgan fingerprint density at radius 3 is 1.48 bits per heavy atom. The summed E-state index contributed by atoms with van der Waals surface area (Å²) in [6, 6.07) is 65.7. The fraction of sp³-hybridized carbons (Fsp3) is 0. The summed E-state index contributed by atoms with van der Waals surface area (Å²) in [7, 11) is 0. The number of aromatic nitrogens is 3. The molecule has 8 aromatic carbocycles. The molecule has 0 aliphatic rings. The van der Waals surface area contributed by atoms with Crippen molar-refractivity contribution in [1.82, 2.24) is 15.0 Å². The summed E-state index contributed by atoms with van der Waals surface area (Å²) in [5.74, 6) is 1.83. The Labute approximate surface area is 327 Å². The minimum absolute atomic E-state index is 0.592. The van der Waals surface area contributed by atoms with E-state index in [-0.39, 0.29) is 0 Å². The first-order valence-corrected chi connectivity index (χ1v) is 19.5. The molecule has 0 spiro atoms. The predicted molar refractivity (Wildman–Crippen MR) is 233 cm³/mol. The van der Waals surface area contributed by atoms with E-state index >= 15 is 0 Å². The van der Waals surface area contributed by atoms with Gasteiger partial charge in [-0.1, -0.05) is 146 Å². The highest BCUT2D eigenvalue weighted by Gasteiger charge is 2.17. The standard InChI is InChI=1S/C51H31N3OS/c1-4-12-32(13-5-1)33-20-22-36(23-21-33)50-52-49(35-16-8-3-9-17-35)53-51(54-50)38-25-27-41-40-26-24-37(29-44(40)55-45(41)30-38)39-28-43(34-14-6-2-7-15-34)48-42-18-10-11-19-46(42)56-47(48)31-39/h1-31H. The summed E-state index contributed by atoms with van der Waals surface area (Å²) in [5.41, 5.74) is 11.4. The largest absolute Gasteiger partial charge is 0.456 e. The predicted octanol–water partition coefficient (Wildman–Crippen LogP) is 14.1. The van der Waals surface area contributed by atoms with Crippen LogP contribution in [0.15, 0.2) is 192 Å². The van der Waals surface area contributed by atoms with Crippen molar-refractivity contribution in [3.05, 3.63) is 188 Å². The topological polar surface area (TPSA) is 51.8 Å². The van der Waals surface area contributed by atoms with Crippen LogP contribution in [-0.4, -0.2) is 15.0 Å². The lowest BCUT2D eigenvalue weighted by atomic mass is 9.94. The van der Waals surface area contributed by atoms with Crippen LogP contribution >= 0.6 is 11.3 Å². The second-order valence-electron chi connectivity index (χ2n) is 14.0. The van der Waals surface area contributed by atoms with Gasteiger partial charge in [0.25, 0.3) is 0 Å². The Bertz CT molecular complexity index is 3230. The lowest BCUT2D eigenvalue weighted by Gasteiger charge is -2.09. The number of hydrogen-bond acceptors (Lipinski definition) is 5. The average molecular weight is 734 g/mol. The summed E-state index contributed by atoms with van der Waals surface area (Å²) in [6.07, 6.45) is 0. The first kappa shape index (κ1) is 32.2. The lowest BCUT2D eigenvalue weighted by molar-refractivity contribution is 0.669. The molecule has 0 N–H and O–H groups in total. The van der Waals surface area contributed by atoms with Crippen molar-refractivity contribution in [3.8, 4) is 67.5 Å². The highest BCUT2D eigenvalue weighted by Crippen LogP contribution is 2.43. The van der Waals surface area contributed by atoms with E-state index in [9.17, 15) is 0 Å². The van der Waals surface area contributed by atoms with Crippen LogP contribution in [0.25, 0.3) is 110 Å². The highest BCUT2D eigenvalue weighted by atomic mass is 32.1. The van der Waals surface area contributed by atoms with Gasteiger partial charge in [-0.3, -0.25) is 0 Å².